The van der Waals surface area contributed by atoms with Crippen LogP contribution in [0.1, 0.15) is 108 Å². The molecule has 5 heteroatoms. The first-order chi connectivity index (χ1) is 14.1. The zero-order valence-electron chi connectivity index (χ0n) is 19.8. The zero-order chi connectivity index (χ0) is 22.4. The molecule has 0 saturated carbocycles. The number of hydrogen-bond donors (Lipinski definition) is 0. The third-order valence-electron chi connectivity index (χ3n) is 5.84. The Bertz CT molecular complexity index is 710. The number of ether oxygens (including phenoxy) is 2. The summed E-state index contributed by atoms with van der Waals surface area (Å²) in [5.41, 5.74) is 4.95. The maximum absolute atomic E-state index is 13.4. The predicted octanol–water partition coefficient (Wildman–Crippen LogP) is 6.11. The monoisotopic (exact) mass is 417 g/mol. The maximum Gasteiger partial charge on any atom is 0.510 e. The van der Waals surface area contributed by atoms with Crippen molar-refractivity contribution in [1.82, 2.24) is 4.90 Å². The van der Waals surface area contributed by atoms with E-state index in [1.165, 1.54) is 16.7 Å². The first-order valence-corrected chi connectivity index (χ1v) is 11.4. The Morgan fingerprint density at radius 1 is 1.00 bits per heavy atom. The van der Waals surface area contributed by atoms with E-state index < -0.39 is 12.4 Å². The molecule has 1 aliphatic rings. The number of carbonyl (C=O) groups is 2. The van der Waals surface area contributed by atoms with Gasteiger partial charge in [0.2, 0.25) is 5.91 Å². The van der Waals surface area contributed by atoms with Crippen LogP contribution in [0.5, 0.6) is 0 Å². The van der Waals surface area contributed by atoms with Gasteiger partial charge in [-0.2, -0.15) is 0 Å². The molecule has 1 amide bonds. The number of nitrogens with zero attached hydrogens (tertiary/aromatic N) is 1. The molecule has 1 saturated heterocycles. The summed E-state index contributed by atoms with van der Waals surface area (Å²) < 4.78 is 10.4. The summed E-state index contributed by atoms with van der Waals surface area (Å²) >= 11 is 0. The Morgan fingerprint density at radius 2 is 1.60 bits per heavy atom. The summed E-state index contributed by atoms with van der Waals surface area (Å²) in [6, 6.07) is 4.54. The van der Waals surface area contributed by atoms with Gasteiger partial charge in [0, 0.05) is 13.0 Å². The van der Waals surface area contributed by atoms with E-state index in [0.717, 1.165) is 18.4 Å². The summed E-state index contributed by atoms with van der Waals surface area (Å²) in [7, 11) is 0. The molecule has 1 atom stereocenters. The standard InChI is InChI=1S/C25H39NO4/c1-8-29-25(28)30-24-11-9-10-12-26(24)23(27)15-22-20(17(4)5)13-19(16(2)3)14-21(22)18(6)7/h13-14,16-18,24H,8-12,15H2,1-7H3. The molecule has 168 valence electrons. The largest absolute Gasteiger partial charge is 0.510 e. The fourth-order valence-electron chi connectivity index (χ4n) is 4.13. The molecule has 1 aliphatic heterocycles. The van der Waals surface area contributed by atoms with Crippen LogP contribution >= 0.6 is 0 Å². The van der Waals surface area contributed by atoms with Crippen LogP contribution in [-0.4, -0.2) is 36.3 Å². The molecule has 0 N–H and O–H groups in total. The van der Waals surface area contributed by atoms with Gasteiger partial charge >= 0.3 is 6.16 Å². The molecule has 1 aromatic carbocycles. The minimum atomic E-state index is -0.700. The third kappa shape index (κ3) is 5.99. The lowest BCUT2D eigenvalue weighted by Gasteiger charge is -2.35. The molecule has 5 nitrogen and oxygen atoms in total. The number of rotatable bonds is 7. The van der Waals surface area contributed by atoms with E-state index in [1.54, 1.807) is 11.8 Å². The Morgan fingerprint density at radius 3 is 2.10 bits per heavy atom. The van der Waals surface area contributed by atoms with E-state index in [0.29, 0.717) is 37.1 Å². The summed E-state index contributed by atoms with van der Waals surface area (Å²) in [5, 5.41) is 0. The summed E-state index contributed by atoms with van der Waals surface area (Å²) in [5.74, 6) is 1.12. The van der Waals surface area contributed by atoms with Crippen molar-refractivity contribution in [2.45, 2.75) is 98.1 Å². The van der Waals surface area contributed by atoms with E-state index in [4.69, 9.17) is 9.47 Å². The van der Waals surface area contributed by atoms with Crippen molar-refractivity contribution in [3.63, 3.8) is 0 Å². The third-order valence-corrected chi connectivity index (χ3v) is 5.84. The molecule has 0 spiro atoms. The van der Waals surface area contributed by atoms with Crippen LogP contribution in [0.2, 0.25) is 0 Å². The van der Waals surface area contributed by atoms with Crippen LogP contribution in [0.25, 0.3) is 0 Å². The SMILES string of the molecule is CCOC(=O)OC1CCCCN1C(=O)Cc1c(C(C)C)cc(C(C)C)cc1C(C)C. The molecule has 2 rings (SSSR count). The first kappa shape index (κ1) is 24.2. The van der Waals surface area contributed by atoms with Crippen molar-refractivity contribution < 1.29 is 19.1 Å². The molecule has 1 aromatic rings. The number of carbonyl (C=O) groups excluding carboxylic acids is 2. The highest BCUT2D eigenvalue weighted by atomic mass is 16.7. The van der Waals surface area contributed by atoms with Crippen LogP contribution in [0.15, 0.2) is 12.1 Å². The second-order valence-electron chi connectivity index (χ2n) is 9.16. The molecule has 0 aliphatic carbocycles. The van der Waals surface area contributed by atoms with Gasteiger partial charge in [0.25, 0.3) is 0 Å². The van der Waals surface area contributed by atoms with Gasteiger partial charge in [-0.1, -0.05) is 53.7 Å². The lowest BCUT2D eigenvalue weighted by Crippen LogP contribution is -2.47. The summed E-state index contributed by atoms with van der Waals surface area (Å²) in [6.07, 6.45) is 1.62. The normalized spacial score (nSPS) is 17.0. The van der Waals surface area contributed by atoms with Crippen molar-refractivity contribution in [3.8, 4) is 0 Å². The topological polar surface area (TPSA) is 55.8 Å². The lowest BCUT2D eigenvalue weighted by molar-refractivity contribution is -0.145. The molecular weight excluding hydrogens is 378 g/mol. The van der Waals surface area contributed by atoms with Gasteiger partial charge in [-0.3, -0.25) is 4.79 Å². The minimum Gasteiger partial charge on any atom is -0.435 e. The van der Waals surface area contributed by atoms with Gasteiger partial charge in [0.15, 0.2) is 6.23 Å². The van der Waals surface area contributed by atoms with E-state index in [2.05, 4.69) is 53.7 Å². The van der Waals surface area contributed by atoms with Crippen LogP contribution in [-0.2, 0) is 20.7 Å². The van der Waals surface area contributed by atoms with Gasteiger partial charge in [0.05, 0.1) is 13.0 Å². The number of piperidine rings is 1. The van der Waals surface area contributed by atoms with Crippen molar-refractivity contribution in [2.75, 3.05) is 13.2 Å². The zero-order valence-corrected chi connectivity index (χ0v) is 19.8. The van der Waals surface area contributed by atoms with Crippen LogP contribution in [0, 0.1) is 0 Å². The van der Waals surface area contributed by atoms with Crippen molar-refractivity contribution in [1.29, 1.82) is 0 Å². The van der Waals surface area contributed by atoms with Gasteiger partial charge < -0.3 is 14.4 Å². The lowest BCUT2D eigenvalue weighted by atomic mass is 9.83. The highest BCUT2D eigenvalue weighted by Crippen LogP contribution is 2.33. The maximum atomic E-state index is 13.4. The van der Waals surface area contributed by atoms with E-state index >= 15 is 0 Å². The Labute approximate surface area is 182 Å². The highest BCUT2D eigenvalue weighted by molar-refractivity contribution is 5.80. The van der Waals surface area contributed by atoms with Crippen LogP contribution in [0.3, 0.4) is 0 Å². The van der Waals surface area contributed by atoms with E-state index in [1.807, 2.05) is 0 Å². The van der Waals surface area contributed by atoms with Gasteiger partial charge in [-0.05, 0) is 59.8 Å². The second-order valence-corrected chi connectivity index (χ2v) is 9.16. The average Bonchev–Trinajstić information content (AvgIpc) is 2.67. The van der Waals surface area contributed by atoms with E-state index in [-0.39, 0.29) is 12.5 Å². The smallest absolute Gasteiger partial charge is 0.435 e. The average molecular weight is 418 g/mol. The number of benzene rings is 1. The van der Waals surface area contributed by atoms with Crippen molar-refractivity contribution in [3.05, 3.63) is 34.4 Å². The van der Waals surface area contributed by atoms with Crippen molar-refractivity contribution in [2.24, 2.45) is 0 Å². The molecule has 0 aromatic heterocycles. The number of amides is 1. The molecule has 0 radical (unpaired) electrons. The second kappa shape index (κ2) is 10.8. The number of likely N-dealkylation sites (tertiary alicyclic amines) is 1. The fraction of sp³-hybridized carbons (Fsp3) is 0.680. The van der Waals surface area contributed by atoms with Gasteiger partial charge in [0.1, 0.15) is 0 Å². The fourth-order valence-corrected chi connectivity index (χ4v) is 4.13. The van der Waals surface area contributed by atoms with Crippen LogP contribution < -0.4 is 0 Å². The molecule has 1 fully saturated rings. The Hall–Kier alpha value is -2.04. The molecular formula is C25H39NO4. The van der Waals surface area contributed by atoms with Crippen LogP contribution in [0.4, 0.5) is 4.79 Å². The molecule has 0 bridgehead atoms. The van der Waals surface area contributed by atoms with E-state index in [9.17, 15) is 9.59 Å². The van der Waals surface area contributed by atoms with Gasteiger partial charge in [-0.25, -0.2) is 4.79 Å². The Kier molecular flexibility index (Phi) is 8.75. The van der Waals surface area contributed by atoms with Gasteiger partial charge in [-0.15, -0.1) is 0 Å². The molecule has 1 heterocycles. The quantitative estimate of drug-likeness (QED) is 0.502. The Balaban J connectivity index is 2.34. The van der Waals surface area contributed by atoms with Crippen molar-refractivity contribution >= 4 is 12.1 Å². The molecule has 30 heavy (non-hydrogen) atoms. The predicted molar refractivity (Wildman–Crippen MR) is 120 cm³/mol. The summed E-state index contributed by atoms with van der Waals surface area (Å²) in [4.78, 5) is 27.0. The number of hydrogen-bond acceptors (Lipinski definition) is 4. The summed E-state index contributed by atoms with van der Waals surface area (Å²) in [6.45, 7) is 15.8. The minimum absolute atomic E-state index is 0.0186. The first-order valence-electron chi connectivity index (χ1n) is 11.4. The molecule has 1 unspecified atom stereocenters. The highest BCUT2D eigenvalue weighted by Gasteiger charge is 2.31.